The summed E-state index contributed by atoms with van der Waals surface area (Å²) in [7, 11) is -1.01. The highest BCUT2D eigenvalue weighted by Crippen LogP contribution is 2.18. The molecule has 0 unspecified atom stereocenters. The SMILES string of the molecule is C[Si](C)(C)CCOCn1cnc2cc(Cl)ccc21. The molecule has 0 aliphatic carbocycles. The summed E-state index contributed by atoms with van der Waals surface area (Å²) >= 11 is 5.93. The van der Waals surface area contributed by atoms with E-state index in [1.165, 1.54) is 6.04 Å². The first kappa shape index (κ1) is 13.6. The Hall–Kier alpha value is -0.843. The number of fused-ring (bicyclic) bond motifs is 1. The number of aromatic nitrogens is 2. The molecular formula is C13H19ClN2OSi. The van der Waals surface area contributed by atoms with Gasteiger partial charge in [0.1, 0.15) is 6.73 Å². The molecule has 0 amide bonds. The normalized spacial score (nSPS) is 12.2. The van der Waals surface area contributed by atoms with Crippen molar-refractivity contribution in [3.8, 4) is 0 Å². The Labute approximate surface area is 114 Å². The van der Waals surface area contributed by atoms with Gasteiger partial charge in [-0.05, 0) is 24.2 Å². The Balaban J connectivity index is 1.96. The average molecular weight is 283 g/mol. The lowest BCUT2D eigenvalue weighted by molar-refractivity contribution is 0.0898. The molecule has 0 saturated heterocycles. The van der Waals surface area contributed by atoms with E-state index in [1.54, 1.807) is 6.33 Å². The van der Waals surface area contributed by atoms with Crippen molar-refractivity contribution in [1.29, 1.82) is 0 Å². The molecule has 0 aliphatic heterocycles. The summed E-state index contributed by atoms with van der Waals surface area (Å²) in [5.41, 5.74) is 1.98. The molecule has 0 fully saturated rings. The van der Waals surface area contributed by atoms with Gasteiger partial charge in [-0.3, -0.25) is 0 Å². The van der Waals surface area contributed by atoms with Crippen LogP contribution in [0.15, 0.2) is 24.5 Å². The number of benzene rings is 1. The summed E-state index contributed by atoms with van der Waals surface area (Å²) < 4.78 is 7.73. The van der Waals surface area contributed by atoms with Gasteiger partial charge in [-0.2, -0.15) is 0 Å². The molecule has 1 aromatic heterocycles. The van der Waals surface area contributed by atoms with E-state index >= 15 is 0 Å². The Morgan fingerprint density at radius 1 is 1.33 bits per heavy atom. The van der Waals surface area contributed by atoms with Crippen LogP contribution in [0.5, 0.6) is 0 Å². The Bertz CT molecular complexity index is 533. The minimum absolute atomic E-state index is 0.558. The van der Waals surface area contributed by atoms with E-state index in [9.17, 15) is 0 Å². The number of hydrogen-bond acceptors (Lipinski definition) is 2. The molecule has 1 aromatic carbocycles. The molecule has 98 valence electrons. The van der Waals surface area contributed by atoms with E-state index < -0.39 is 8.07 Å². The molecule has 5 heteroatoms. The van der Waals surface area contributed by atoms with Crippen LogP contribution < -0.4 is 0 Å². The molecule has 0 aliphatic rings. The van der Waals surface area contributed by atoms with Gasteiger partial charge < -0.3 is 9.30 Å². The van der Waals surface area contributed by atoms with Crippen molar-refractivity contribution < 1.29 is 4.74 Å². The predicted molar refractivity (Wildman–Crippen MR) is 78.8 cm³/mol. The fourth-order valence-corrected chi connectivity index (χ4v) is 2.60. The van der Waals surface area contributed by atoms with Gasteiger partial charge in [0.25, 0.3) is 0 Å². The zero-order chi connectivity index (χ0) is 13.2. The Morgan fingerprint density at radius 2 is 2.11 bits per heavy atom. The third kappa shape index (κ3) is 3.57. The summed E-state index contributed by atoms with van der Waals surface area (Å²) in [6.45, 7) is 8.44. The van der Waals surface area contributed by atoms with Crippen LogP contribution in [-0.2, 0) is 11.5 Å². The fraction of sp³-hybridized carbons (Fsp3) is 0.462. The monoisotopic (exact) mass is 282 g/mol. The predicted octanol–water partition coefficient (Wildman–Crippen LogP) is 4.00. The van der Waals surface area contributed by atoms with Gasteiger partial charge in [0.15, 0.2) is 0 Å². The van der Waals surface area contributed by atoms with E-state index in [1.807, 2.05) is 22.8 Å². The molecule has 0 atom stereocenters. The number of ether oxygens (including phenoxy) is 1. The Kier molecular flexibility index (Phi) is 4.09. The van der Waals surface area contributed by atoms with Crippen LogP contribution in [0.2, 0.25) is 30.7 Å². The number of halogens is 1. The lowest BCUT2D eigenvalue weighted by Crippen LogP contribution is -2.21. The van der Waals surface area contributed by atoms with Gasteiger partial charge in [-0.1, -0.05) is 31.2 Å². The second-order valence-electron chi connectivity index (χ2n) is 5.70. The molecule has 0 bridgehead atoms. The zero-order valence-electron chi connectivity index (χ0n) is 11.1. The van der Waals surface area contributed by atoms with Gasteiger partial charge in [0.2, 0.25) is 0 Å². The second-order valence-corrected chi connectivity index (χ2v) is 11.8. The molecule has 1 heterocycles. The maximum absolute atomic E-state index is 5.93. The molecule has 0 saturated carbocycles. The molecular weight excluding hydrogens is 264 g/mol. The molecule has 0 spiro atoms. The number of rotatable bonds is 5. The zero-order valence-corrected chi connectivity index (χ0v) is 12.9. The maximum atomic E-state index is 5.93. The standard InChI is InChI=1S/C13H19ClN2OSi/c1-18(2,3)7-6-17-10-16-9-15-12-8-11(14)4-5-13(12)16/h4-5,8-9H,6-7,10H2,1-3H3. The van der Waals surface area contributed by atoms with Crippen LogP contribution in [-0.4, -0.2) is 24.2 Å². The topological polar surface area (TPSA) is 27.1 Å². The van der Waals surface area contributed by atoms with E-state index in [0.29, 0.717) is 11.8 Å². The first-order chi connectivity index (χ1) is 8.46. The van der Waals surface area contributed by atoms with Gasteiger partial charge in [0, 0.05) is 19.7 Å². The first-order valence-electron chi connectivity index (χ1n) is 6.14. The molecule has 18 heavy (non-hydrogen) atoms. The lowest BCUT2D eigenvalue weighted by atomic mass is 10.3. The number of imidazole rings is 1. The summed E-state index contributed by atoms with van der Waals surface area (Å²) in [5.74, 6) is 0. The summed E-state index contributed by atoms with van der Waals surface area (Å²) in [4.78, 5) is 4.31. The number of hydrogen-bond donors (Lipinski definition) is 0. The molecule has 2 rings (SSSR count). The molecule has 3 nitrogen and oxygen atoms in total. The van der Waals surface area contributed by atoms with Crippen LogP contribution in [0.1, 0.15) is 0 Å². The van der Waals surface area contributed by atoms with Crippen LogP contribution in [0.3, 0.4) is 0 Å². The molecule has 0 N–H and O–H groups in total. The lowest BCUT2D eigenvalue weighted by Gasteiger charge is -2.15. The van der Waals surface area contributed by atoms with Gasteiger partial charge >= 0.3 is 0 Å². The summed E-state index contributed by atoms with van der Waals surface area (Å²) in [5, 5.41) is 0.715. The van der Waals surface area contributed by atoms with Crippen LogP contribution in [0.25, 0.3) is 11.0 Å². The number of nitrogens with zero attached hydrogens (tertiary/aromatic N) is 2. The largest absolute Gasteiger partial charge is 0.361 e. The van der Waals surface area contributed by atoms with Gasteiger partial charge in [-0.15, -0.1) is 0 Å². The summed E-state index contributed by atoms with van der Waals surface area (Å²) in [6.07, 6.45) is 1.80. The third-order valence-corrected chi connectivity index (χ3v) is 4.75. The minimum Gasteiger partial charge on any atom is -0.361 e. The van der Waals surface area contributed by atoms with E-state index in [4.69, 9.17) is 16.3 Å². The highest BCUT2D eigenvalue weighted by Gasteiger charge is 2.12. The molecule has 0 radical (unpaired) electrons. The third-order valence-electron chi connectivity index (χ3n) is 2.81. The van der Waals surface area contributed by atoms with Crippen LogP contribution in [0.4, 0.5) is 0 Å². The average Bonchev–Trinajstić information content (AvgIpc) is 2.65. The maximum Gasteiger partial charge on any atom is 0.124 e. The first-order valence-corrected chi connectivity index (χ1v) is 10.2. The molecule has 2 aromatic rings. The van der Waals surface area contributed by atoms with Crippen molar-refractivity contribution >= 4 is 30.7 Å². The van der Waals surface area contributed by atoms with Crippen LogP contribution >= 0.6 is 11.6 Å². The van der Waals surface area contributed by atoms with Gasteiger partial charge in [0.05, 0.1) is 17.4 Å². The smallest absolute Gasteiger partial charge is 0.124 e. The van der Waals surface area contributed by atoms with Crippen LogP contribution in [0, 0.1) is 0 Å². The van der Waals surface area contributed by atoms with Crippen molar-refractivity contribution in [3.63, 3.8) is 0 Å². The fourth-order valence-electron chi connectivity index (χ4n) is 1.68. The highest BCUT2D eigenvalue weighted by molar-refractivity contribution is 6.76. The van der Waals surface area contributed by atoms with Crippen molar-refractivity contribution in [2.24, 2.45) is 0 Å². The quantitative estimate of drug-likeness (QED) is 0.612. The van der Waals surface area contributed by atoms with E-state index in [2.05, 4.69) is 24.6 Å². The van der Waals surface area contributed by atoms with Crippen molar-refractivity contribution in [2.45, 2.75) is 32.4 Å². The second kappa shape index (κ2) is 5.43. The minimum atomic E-state index is -1.01. The summed E-state index contributed by atoms with van der Waals surface area (Å²) in [6, 6.07) is 6.91. The Morgan fingerprint density at radius 3 is 2.83 bits per heavy atom. The highest BCUT2D eigenvalue weighted by atomic mass is 35.5. The van der Waals surface area contributed by atoms with Crippen molar-refractivity contribution in [1.82, 2.24) is 9.55 Å². The van der Waals surface area contributed by atoms with Gasteiger partial charge in [-0.25, -0.2) is 4.98 Å². The van der Waals surface area contributed by atoms with E-state index in [0.717, 1.165) is 17.6 Å². The van der Waals surface area contributed by atoms with Crippen molar-refractivity contribution in [2.75, 3.05) is 6.61 Å². The van der Waals surface area contributed by atoms with Crippen molar-refractivity contribution in [3.05, 3.63) is 29.5 Å². The van der Waals surface area contributed by atoms with E-state index in [-0.39, 0.29) is 0 Å².